The van der Waals surface area contributed by atoms with Gasteiger partial charge in [0.25, 0.3) is 0 Å². The monoisotopic (exact) mass is 269 g/mol. The van der Waals surface area contributed by atoms with E-state index in [1.807, 2.05) is 4.90 Å². The second kappa shape index (κ2) is 7.82. The Kier molecular flexibility index (Phi) is 6.07. The van der Waals surface area contributed by atoms with Gasteiger partial charge in [0.2, 0.25) is 5.91 Å². The van der Waals surface area contributed by atoms with Crippen molar-refractivity contribution in [2.75, 3.05) is 59.0 Å². The number of amides is 1. The van der Waals surface area contributed by atoms with E-state index in [2.05, 4.69) is 17.1 Å². The van der Waals surface area contributed by atoms with Gasteiger partial charge in [-0.2, -0.15) is 0 Å². The number of ether oxygens (including phenoxy) is 1. The summed E-state index contributed by atoms with van der Waals surface area (Å²) >= 11 is 0. The molecule has 0 unspecified atom stereocenters. The molecule has 0 bridgehead atoms. The summed E-state index contributed by atoms with van der Waals surface area (Å²) in [7, 11) is 0. The first-order valence-electron chi connectivity index (χ1n) is 7.58. The molecular formula is C14H27N3O2. The van der Waals surface area contributed by atoms with Gasteiger partial charge in [-0.1, -0.05) is 6.92 Å². The van der Waals surface area contributed by atoms with Crippen molar-refractivity contribution in [3.63, 3.8) is 0 Å². The fourth-order valence-electron chi connectivity index (χ4n) is 2.80. The zero-order valence-corrected chi connectivity index (χ0v) is 12.1. The average Bonchev–Trinajstić information content (AvgIpc) is 2.47. The zero-order chi connectivity index (χ0) is 13.5. The van der Waals surface area contributed by atoms with Crippen LogP contribution in [0.2, 0.25) is 0 Å². The van der Waals surface area contributed by atoms with Crippen LogP contribution >= 0.6 is 0 Å². The van der Waals surface area contributed by atoms with Crippen LogP contribution in [0.3, 0.4) is 0 Å². The van der Waals surface area contributed by atoms with Crippen LogP contribution in [0.5, 0.6) is 0 Å². The van der Waals surface area contributed by atoms with Crippen molar-refractivity contribution in [1.82, 2.24) is 15.1 Å². The number of hydrogen-bond acceptors (Lipinski definition) is 4. The van der Waals surface area contributed by atoms with E-state index in [1.165, 1.54) is 12.8 Å². The molecular weight excluding hydrogens is 242 g/mol. The summed E-state index contributed by atoms with van der Waals surface area (Å²) in [5.41, 5.74) is 0. The highest BCUT2D eigenvalue weighted by molar-refractivity contribution is 5.78. The Labute approximate surface area is 116 Å². The smallest absolute Gasteiger partial charge is 0.236 e. The first-order valence-corrected chi connectivity index (χ1v) is 7.58. The van der Waals surface area contributed by atoms with Crippen molar-refractivity contribution in [2.24, 2.45) is 5.92 Å². The Bertz CT molecular complexity index is 272. The number of piperidine rings is 1. The normalized spacial score (nSPS) is 22.7. The van der Waals surface area contributed by atoms with Crippen molar-refractivity contribution in [3.8, 4) is 0 Å². The Morgan fingerprint density at radius 1 is 1.21 bits per heavy atom. The summed E-state index contributed by atoms with van der Waals surface area (Å²) in [4.78, 5) is 16.4. The predicted molar refractivity (Wildman–Crippen MR) is 75.1 cm³/mol. The van der Waals surface area contributed by atoms with Crippen molar-refractivity contribution < 1.29 is 9.53 Å². The summed E-state index contributed by atoms with van der Waals surface area (Å²) < 4.78 is 5.28. The zero-order valence-electron chi connectivity index (χ0n) is 12.1. The number of nitrogens with zero attached hydrogens (tertiary/aromatic N) is 2. The van der Waals surface area contributed by atoms with Crippen LogP contribution in [0.15, 0.2) is 0 Å². The van der Waals surface area contributed by atoms with E-state index in [-0.39, 0.29) is 5.91 Å². The van der Waals surface area contributed by atoms with Crippen molar-refractivity contribution in [1.29, 1.82) is 0 Å². The lowest BCUT2D eigenvalue weighted by atomic mass is 9.97. The lowest BCUT2D eigenvalue weighted by Gasteiger charge is -2.34. The number of rotatable bonds is 5. The van der Waals surface area contributed by atoms with E-state index in [0.29, 0.717) is 19.8 Å². The molecule has 5 heteroatoms. The van der Waals surface area contributed by atoms with E-state index in [4.69, 9.17) is 4.74 Å². The molecule has 1 amide bonds. The molecule has 0 aliphatic carbocycles. The second-order valence-electron chi connectivity index (χ2n) is 5.52. The van der Waals surface area contributed by atoms with E-state index < -0.39 is 0 Å². The van der Waals surface area contributed by atoms with Gasteiger partial charge < -0.3 is 15.0 Å². The third-order valence-electron chi connectivity index (χ3n) is 4.11. The predicted octanol–water partition coefficient (Wildman–Crippen LogP) is 0.167. The molecule has 0 spiro atoms. The number of morpholine rings is 1. The summed E-state index contributed by atoms with van der Waals surface area (Å²) in [6.07, 6.45) is 2.42. The maximum absolute atomic E-state index is 12.1. The SMILES string of the molecule is CCNCC1CCN(CC(=O)N2CCOCC2)CC1. The van der Waals surface area contributed by atoms with E-state index in [0.717, 1.165) is 45.2 Å². The molecule has 0 aromatic carbocycles. The second-order valence-corrected chi connectivity index (χ2v) is 5.52. The van der Waals surface area contributed by atoms with Crippen molar-refractivity contribution in [2.45, 2.75) is 19.8 Å². The topological polar surface area (TPSA) is 44.8 Å². The average molecular weight is 269 g/mol. The third-order valence-corrected chi connectivity index (χ3v) is 4.11. The Morgan fingerprint density at radius 3 is 2.53 bits per heavy atom. The lowest BCUT2D eigenvalue weighted by Crippen LogP contribution is -2.47. The number of carbonyl (C=O) groups is 1. The minimum atomic E-state index is 0.272. The number of hydrogen-bond donors (Lipinski definition) is 1. The number of likely N-dealkylation sites (tertiary alicyclic amines) is 1. The van der Waals surface area contributed by atoms with Crippen LogP contribution in [-0.2, 0) is 9.53 Å². The van der Waals surface area contributed by atoms with Crippen molar-refractivity contribution in [3.05, 3.63) is 0 Å². The van der Waals surface area contributed by atoms with Crippen LogP contribution in [0.4, 0.5) is 0 Å². The number of carbonyl (C=O) groups excluding carboxylic acids is 1. The Balaban J connectivity index is 1.65. The molecule has 2 rings (SSSR count). The fourth-order valence-corrected chi connectivity index (χ4v) is 2.80. The van der Waals surface area contributed by atoms with Gasteiger partial charge in [0, 0.05) is 13.1 Å². The quantitative estimate of drug-likeness (QED) is 0.772. The van der Waals surface area contributed by atoms with Gasteiger partial charge in [0.05, 0.1) is 19.8 Å². The van der Waals surface area contributed by atoms with Gasteiger partial charge in [-0.25, -0.2) is 0 Å². The molecule has 0 aromatic heterocycles. The van der Waals surface area contributed by atoms with Gasteiger partial charge in [0.15, 0.2) is 0 Å². The molecule has 19 heavy (non-hydrogen) atoms. The van der Waals surface area contributed by atoms with Gasteiger partial charge in [-0.05, 0) is 44.9 Å². The highest BCUT2D eigenvalue weighted by atomic mass is 16.5. The summed E-state index contributed by atoms with van der Waals surface area (Å²) in [5, 5.41) is 3.42. The summed E-state index contributed by atoms with van der Waals surface area (Å²) in [6.45, 7) is 9.94. The van der Waals surface area contributed by atoms with E-state index >= 15 is 0 Å². The Hall–Kier alpha value is -0.650. The Morgan fingerprint density at radius 2 is 1.89 bits per heavy atom. The van der Waals surface area contributed by atoms with Crippen LogP contribution < -0.4 is 5.32 Å². The van der Waals surface area contributed by atoms with Gasteiger partial charge in [-0.3, -0.25) is 9.69 Å². The summed E-state index contributed by atoms with van der Waals surface area (Å²) in [6, 6.07) is 0. The molecule has 2 heterocycles. The van der Waals surface area contributed by atoms with Crippen LogP contribution in [-0.4, -0.2) is 74.7 Å². The molecule has 2 aliphatic heterocycles. The minimum absolute atomic E-state index is 0.272. The van der Waals surface area contributed by atoms with E-state index in [9.17, 15) is 4.79 Å². The maximum atomic E-state index is 12.1. The molecule has 1 N–H and O–H groups in total. The maximum Gasteiger partial charge on any atom is 0.236 e. The van der Waals surface area contributed by atoms with Gasteiger partial charge in [0.1, 0.15) is 0 Å². The standard InChI is InChI=1S/C14H27N3O2/c1-2-15-11-13-3-5-16(6-4-13)12-14(18)17-7-9-19-10-8-17/h13,15H,2-12H2,1H3. The first-order chi connectivity index (χ1) is 9.29. The number of nitrogens with one attached hydrogen (secondary N) is 1. The highest BCUT2D eigenvalue weighted by Gasteiger charge is 2.23. The molecule has 2 fully saturated rings. The van der Waals surface area contributed by atoms with Crippen molar-refractivity contribution >= 4 is 5.91 Å². The minimum Gasteiger partial charge on any atom is -0.378 e. The first kappa shape index (κ1) is 14.8. The summed E-state index contributed by atoms with van der Waals surface area (Å²) in [5.74, 6) is 1.06. The highest BCUT2D eigenvalue weighted by Crippen LogP contribution is 2.16. The van der Waals surface area contributed by atoms with E-state index in [1.54, 1.807) is 0 Å². The van der Waals surface area contributed by atoms with Crippen LogP contribution in [0.1, 0.15) is 19.8 Å². The van der Waals surface area contributed by atoms with Crippen LogP contribution in [0, 0.1) is 5.92 Å². The largest absolute Gasteiger partial charge is 0.378 e. The molecule has 0 aromatic rings. The lowest BCUT2D eigenvalue weighted by molar-refractivity contribution is -0.136. The molecule has 0 radical (unpaired) electrons. The molecule has 0 saturated carbocycles. The van der Waals surface area contributed by atoms with Crippen LogP contribution in [0.25, 0.3) is 0 Å². The van der Waals surface area contributed by atoms with Gasteiger partial charge >= 0.3 is 0 Å². The van der Waals surface area contributed by atoms with Gasteiger partial charge in [-0.15, -0.1) is 0 Å². The third kappa shape index (κ3) is 4.75. The molecule has 2 aliphatic rings. The molecule has 0 atom stereocenters. The molecule has 110 valence electrons. The molecule has 5 nitrogen and oxygen atoms in total. The molecule has 2 saturated heterocycles. The fraction of sp³-hybridized carbons (Fsp3) is 0.929.